The molecule has 11 heteroatoms. The molecule has 0 aliphatic carbocycles. The molecular formula is C21H15ClF4N2O3S. The number of rotatable bonds is 6. The van der Waals surface area contributed by atoms with E-state index in [9.17, 15) is 30.8 Å². The van der Waals surface area contributed by atoms with Crippen molar-refractivity contribution in [1.29, 1.82) is 0 Å². The van der Waals surface area contributed by atoms with E-state index in [0.29, 0.717) is 6.07 Å². The lowest BCUT2D eigenvalue weighted by Crippen LogP contribution is -2.28. The first-order valence-electron chi connectivity index (χ1n) is 9.02. The lowest BCUT2D eigenvalue weighted by molar-refractivity contribution is 0.0940. The van der Waals surface area contributed by atoms with Crippen LogP contribution in [0.15, 0.2) is 59.5 Å². The van der Waals surface area contributed by atoms with Gasteiger partial charge in [0.1, 0.15) is 23.3 Å². The van der Waals surface area contributed by atoms with Crippen LogP contribution < -0.4 is 10.0 Å². The van der Waals surface area contributed by atoms with E-state index in [1.807, 2.05) is 4.72 Å². The largest absolute Gasteiger partial charge is 0.345 e. The van der Waals surface area contributed by atoms with Crippen LogP contribution >= 0.6 is 11.6 Å². The monoisotopic (exact) mass is 486 g/mol. The Labute approximate surface area is 186 Å². The Kier molecular flexibility index (Phi) is 6.75. The molecule has 1 unspecified atom stereocenters. The van der Waals surface area contributed by atoms with E-state index in [-0.39, 0.29) is 21.8 Å². The Morgan fingerprint density at radius 3 is 2.22 bits per heavy atom. The lowest BCUT2D eigenvalue weighted by Gasteiger charge is -2.18. The van der Waals surface area contributed by atoms with Crippen molar-refractivity contribution in [2.75, 3.05) is 4.72 Å². The lowest BCUT2D eigenvalue weighted by atomic mass is 10.1. The van der Waals surface area contributed by atoms with Gasteiger partial charge in [-0.05, 0) is 43.3 Å². The highest BCUT2D eigenvalue weighted by molar-refractivity contribution is 7.92. The number of benzene rings is 3. The van der Waals surface area contributed by atoms with E-state index in [0.717, 1.165) is 36.4 Å². The average molecular weight is 487 g/mol. The smallest absolute Gasteiger partial charge is 0.267 e. The Morgan fingerprint density at radius 2 is 1.59 bits per heavy atom. The van der Waals surface area contributed by atoms with Crippen molar-refractivity contribution >= 4 is 33.2 Å². The first-order chi connectivity index (χ1) is 15.0. The van der Waals surface area contributed by atoms with Gasteiger partial charge in [-0.2, -0.15) is 0 Å². The molecular weight excluding hydrogens is 472 g/mol. The van der Waals surface area contributed by atoms with Gasteiger partial charge in [-0.1, -0.05) is 23.7 Å². The molecule has 0 fully saturated rings. The first kappa shape index (κ1) is 23.6. The maximum atomic E-state index is 14.0. The number of hydrogen-bond donors (Lipinski definition) is 2. The molecule has 168 valence electrons. The maximum absolute atomic E-state index is 14.0. The van der Waals surface area contributed by atoms with Crippen LogP contribution in [0.3, 0.4) is 0 Å². The van der Waals surface area contributed by atoms with Gasteiger partial charge in [0, 0.05) is 16.7 Å². The SMILES string of the molecule is CC(NC(=O)c1ccc(Cl)cc1NS(=O)(=O)c1c(F)cccc1F)c1ccc(F)cc1F. The number of carbonyl (C=O) groups is 1. The fraction of sp³-hybridized carbons (Fsp3) is 0.0952. The van der Waals surface area contributed by atoms with Gasteiger partial charge in [-0.15, -0.1) is 0 Å². The first-order valence-corrected chi connectivity index (χ1v) is 10.9. The second-order valence-electron chi connectivity index (χ2n) is 6.71. The van der Waals surface area contributed by atoms with Crippen molar-refractivity contribution in [2.24, 2.45) is 0 Å². The standard InChI is InChI=1S/C21H15ClF4N2O3S/c1-11(14-8-6-13(23)10-18(14)26)27-21(29)15-7-5-12(22)9-19(15)28-32(30,31)20-16(24)3-2-4-17(20)25/h2-11,28H,1H3,(H,27,29). The van der Waals surface area contributed by atoms with Crippen LogP contribution in [0.1, 0.15) is 28.9 Å². The third-order valence-corrected chi connectivity index (χ3v) is 6.09. The highest BCUT2D eigenvalue weighted by Crippen LogP contribution is 2.27. The molecule has 0 aliphatic rings. The number of nitrogens with one attached hydrogen (secondary N) is 2. The van der Waals surface area contributed by atoms with Crippen LogP contribution in [-0.2, 0) is 10.0 Å². The summed E-state index contributed by atoms with van der Waals surface area (Å²) in [5.74, 6) is -5.18. The molecule has 3 aromatic carbocycles. The van der Waals surface area contributed by atoms with Crippen LogP contribution in [0.2, 0.25) is 5.02 Å². The molecule has 0 aromatic heterocycles. The number of carbonyl (C=O) groups excluding carboxylic acids is 1. The summed E-state index contributed by atoms with van der Waals surface area (Å²) < 4.78 is 82.3. The third-order valence-electron chi connectivity index (χ3n) is 4.43. The molecule has 3 aromatic rings. The number of halogens is 5. The van der Waals surface area contributed by atoms with E-state index in [2.05, 4.69) is 5.32 Å². The fourth-order valence-corrected chi connectivity index (χ4v) is 4.32. The van der Waals surface area contributed by atoms with Gasteiger partial charge in [0.05, 0.1) is 17.3 Å². The minimum atomic E-state index is -4.78. The minimum absolute atomic E-state index is 0.00993. The molecule has 0 aliphatic heterocycles. The van der Waals surface area contributed by atoms with Crippen molar-refractivity contribution in [1.82, 2.24) is 5.32 Å². The number of sulfonamides is 1. The molecule has 5 nitrogen and oxygen atoms in total. The van der Waals surface area contributed by atoms with Gasteiger partial charge >= 0.3 is 0 Å². The van der Waals surface area contributed by atoms with Crippen LogP contribution in [0.25, 0.3) is 0 Å². The summed E-state index contributed by atoms with van der Waals surface area (Å²) in [6, 6.07) is 7.99. The maximum Gasteiger partial charge on any atom is 0.267 e. The second-order valence-corrected chi connectivity index (χ2v) is 8.76. The zero-order chi connectivity index (χ0) is 23.6. The second kappa shape index (κ2) is 9.17. The average Bonchev–Trinajstić information content (AvgIpc) is 2.67. The normalized spacial score (nSPS) is 12.3. The highest BCUT2D eigenvalue weighted by Gasteiger charge is 2.26. The molecule has 0 saturated heterocycles. The number of hydrogen-bond acceptors (Lipinski definition) is 3. The van der Waals surface area contributed by atoms with Gasteiger partial charge in [0.25, 0.3) is 15.9 Å². The fourth-order valence-electron chi connectivity index (χ4n) is 2.94. The van der Waals surface area contributed by atoms with E-state index in [1.165, 1.54) is 19.1 Å². The quantitative estimate of drug-likeness (QED) is 0.471. The van der Waals surface area contributed by atoms with Gasteiger partial charge < -0.3 is 5.32 Å². The molecule has 3 rings (SSSR count). The van der Waals surface area contributed by atoms with Crippen molar-refractivity contribution in [3.63, 3.8) is 0 Å². The molecule has 1 atom stereocenters. The van der Waals surface area contributed by atoms with Gasteiger partial charge in [0.15, 0.2) is 4.90 Å². The van der Waals surface area contributed by atoms with E-state index in [1.54, 1.807) is 0 Å². The minimum Gasteiger partial charge on any atom is -0.345 e. The van der Waals surface area contributed by atoms with Gasteiger partial charge in [0.2, 0.25) is 0 Å². The Morgan fingerprint density at radius 1 is 0.938 bits per heavy atom. The van der Waals surface area contributed by atoms with Crippen molar-refractivity contribution < 1.29 is 30.8 Å². The predicted octanol–water partition coefficient (Wildman–Crippen LogP) is 5.19. The zero-order valence-electron chi connectivity index (χ0n) is 16.3. The summed E-state index contributed by atoms with van der Waals surface area (Å²) >= 11 is 5.90. The summed E-state index contributed by atoms with van der Waals surface area (Å²) in [5.41, 5.74) is -0.613. The molecule has 0 bridgehead atoms. The molecule has 2 N–H and O–H groups in total. The summed E-state index contributed by atoms with van der Waals surface area (Å²) in [5, 5.41) is 2.49. The van der Waals surface area contributed by atoms with Crippen molar-refractivity contribution in [3.8, 4) is 0 Å². The van der Waals surface area contributed by atoms with Crippen LogP contribution in [-0.4, -0.2) is 14.3 Å². The summed E-state index contributed by atoms with van der Waals surface area (Å²) in [7, 11) is -4.78. The van der Waals surface area contributed by atoms with Gasteiger partial charge in [-0.25, -0.2) is 26.0 Å². The number of anilines is 1. The van der Waals surface area contributed by atoms with Crippen LogP contribution in [0, 0.1) is 23.3 Å². The van der Waals surface area contributed by atoms with Crippen LogP contribution in [0.4, 0.5) is 23.2 Å². The molecule has 0 spiro atoms. The van der Waals surface area contributed by atoms with E-state index >= 15 is 0 Å². The Hall–Kier alpha value is -3.11. The van der Waals surface area contributed by atoms with Crippen molar-refractivity contribution in [3.05, 3.63) is 94.0 Å². The molecule has 1 amide bonds. The van der Waals surface area contributed by atoms with E-state index < -0.39 is 50.1 Å². The Balaban J connectivity index is 1.93. The van der Waals surface area contributed by atoms with Gasteiger partial charge in [-0.3, -0.25) is 9.52 Å². The Bertz CT molecular complexity index is 1280. The molecule has 0 radical (unpaired) electrons. The van der Waals surface area contributed by atoms with E-state index in [4.69, 9.17) is 11.6 Å². The van der Waals surface area contributed by atoms with Crippen LogP contribution in [0.5, 0.6) is 0 Å². The molecule has 0 saturated carbocycles. The topological polar surface area (TPSA) is 75.3 Å². The predicted molar refractivity (Wildman–Crippen MR) is 111 cm³/mol. The highest BCUT2D eigenvalue weighted by atomic mass is 35.5. The molecule has 32 heavy (non-hydrogen) atoms. The summed E-state index contributed by atoms with van der Waals surface area (Å²) in [4.78, 5) is 11.5. The zero-order valence-corrected chi connectivity index (χ0v) is 17.9. The third kappa shape index (κ3) is 5.03. The number of amides is 1. The van der Waals surface area contributed by atoms with Crippen molar-refractivity contribution in [2.45, 2.75) is 17.9 Å². The summed E-state index contributed by atoms with van der Waals surface area (Å²) in [6.07, 6.45) is 0. The molecule has 0 heterocycles. The summed E-state index contributed by atoms with van der Waals surface area (Å²) in [6.45, 7) is 1.43.